The van der Waals surface area contributed by atoms with Gasteiger partial charge in [-0.05, 0) is 29.9 Å². The molecule has 0 unspecified atom stereocenters. The van der Waals surface area contributed by atoms with Gasteiger partial charge in [0.15, 0.2) is 5.13 Å². The van der Waals surface area contributed by atoms with E-state index >= 15 is 0 Å². The van der Waals surface area contributed by atoms with E-state index in [9.17, 15) is 19.7 Å². The Kier molecular flexibility index (Phi) is 4.47. The molecule has 0 aliphatic heterocycles. The molecule has 9 heteroatoms. The lowest BCUT2D eigenvalue weighted by molar-refractivity contribution is -0.380. The summed E-state index contributed by atoms with van der Waals surface area (Å²) in [5, 5.41) is 22.0. The van der Waals surface area contributed by atoms with Gasteiger partial charge in [0.1, 0.15) is 5.69 Å². The molecule has 114 valence electrons. The lowest BCUT2D eigenvalue weighted by atomic mass is 10.0. The van der Waals surface area contributed by atoms with Gasteiger partial charge < -0.3 is 5.11 Å². The Labute approximate surface area is 128 Å². The van der Waals surface area contributed by atoms with Crippen molar-refractivity contribution in [2.75, 3.05) is 5.32 Å². The number of thiazole rings is 1. The topological polar surface area (TPSA) is 122 Å². The van der Waals surface area contributed by atoms with Crippen LogP contribution in [0.4, 0.5) is 10.1 Å². The number of hydrogen-bond acceptors (Lipinski definition) is 6. The van der Waals surface area contributed by atoms with Crippen molar-refractivity contribution in [3.05, 3.63) is 51.2 Å². The fourth-order valence-electron chi connectivity index (χ4n) is 1.83. The molecule has 2 N–H and O–H groups in total. The minimum Gasteiger partial charge on any atom is -0.481 e. The summed E-state index contributed by atoms with van der Waals surface area (Å²) in [5.41, 5.74) is 0.764. The van der Waals surface area contributed by atoms with Crippen LogP contribution in [0, 0.1) is 17.0 Å². The molecule has 0 bridgehead atoms. The van der Waals surface area contributed by atoms with Crippen molar-refractivity contribution in [1.82, 2.24) is 4.98 Å². The molecule has 0 saturated heterocycles. The molecule has 0 aliphatic carbocycles. The highest BCUT2D eigenvalue weighted by Gasteiger charge is 2.20. The SMILES string of the molecule is Cc1nc(NC(=O)c2ccccc2CC(=O)O)sc1[N+](=O)[O-]. The number of carboxylic acids is 1. The van der Waals surface area contributed by atoms with E-state index in [1.807, 2.05) is 0 Å². The number of anilines is 1. The maximum Gasteiger partial charge on any atom is 0.348 e. The molecule has 0 aliphatic rings. The Bertz CT molecular complexity index is 756. The summed E-state index contributed by atoms with van der Waals surface area (Å²) in [6.45, 7) is 1.47. The third kappa shape index (κ3) is 3.44. The van der Waals surface area contributed by atoms with E-state index in [-0.39, 0.29) is 27.8 Å². The monoisotopic (exact) mass is 321 g/mol. The highest BCUT2D eigenvalue weighted by Crippen LogP contribution is 2.30. The summed E-state index contributed by atoms with van der Waals surface area (Å²) in [6, 6.07) is 6.27. The second kappa shape index (κ2) is 6.31. The molecule has 0 atom stereocenters. The average Bonchev–Trinajstić information content (AvgIpc) is 2.79. The summed E-state index contributed by atoms with van der Waals surface area (Å²) in [7, 11) is 0. The molecule has 2 rings (SSSR count). The molecular formula is C13H11N3O5S. The standard InChI is InChI=1S/C13H11N3O5S/c1-7-12(16(20)21)22-13(14-7)15-11(19)9-5-3-2-4-8(9)6-10(17)18/h2-5H,6H2,1H3,(H,17,18)(H,14,15,19). The van der Waals surface area contributed by atoms with E-state index in [0.717, 1.165) is 11.3 Å². The lowest BCUT2D eigenvalue weighted by Crippen LogP contribution is -2.15. The first-order chi connectivity index (χ1) is 10.4. The lowest BCUT2D eigenvalue weighted by Gasteiger charge is -2.06. The van der Waals surface area contributed by atoms with Crippen LogP contribution in [0.5, 0.6) is 0 Å². The number of carbonyl (C=O) groups is 2. The molecule has 0 radical (unpaired) electrons. The van der Waals surface area contributed by atoms with Gasteiger partial charge in [-0.25, -0.2) is 4.98 Å². The minimum absolute atomic E-state index is 0.0966. The molecule has 8 nitrogen and oxygen atoms in total. The van der Waals surface area contributed by atoms with Crippen molar-refractivity contribution >= 4 is 33.3 Å². The van der Waals surface area contributed by atoms with Crippen LogP contribution in [-0.4, -0.2) is 26.9 Å². The van der Waals surface area contributed by atoms with E-state index in [4.69, 9.17) is 5.11 Å². The zero-order valence-electron chi connectivity index (χ0n) is 11.4. The van der Waals surface area contributed by atoms with Gasteiger partial charge in [0.25, 0.3) is 5.91 Å². The van der Waals surface area contributed by atoms with Gasteiger partial charge in [0, 0.05) is 5.56 Å². The highest BCUT2D eigenvalue weighted by atomic mass is 32.1. The number of aryl methyl sites for hydroxylation is 1. The van der Waals surface area contributed by atoms with Gasteiger partial charge in [0.2, 0.25) is 0 Å². The summed E-state index contributed by atoms with van der Waals surface area (Å²) in [4.78, 5) is 37.1. The number of aromatic nitrogens is 1. The summed E-state index contributed by atoms with van der Waals surface area (Å²) in [6.07, 6.45) is -0.291. The fourth-order valence-corrected chi connectivity index (χ4v) is 2.61. The van der Waals surface area contributed by atoms with Crippen LogP contribution in [0.3, 0.4) is 0 Å². The number of hydrogen-bond donors (Lipinski definition) is 2. The number of amides is 1. The molecule has 1 amide bonds. The van der Waals surface area contributed by atoms with Crippen molar-refractivity contribution in [3.8, 4) is 0 Å². The summed E-state index contributed by atoms with van der Waals surface area (Å²) >= 11 is 0.752. The van der Waals surface area contributed by atoms with Crippen LogP contribution in [0.25, 0.3) is 0 Å². The van der Waals surface area contributed by atoms with Gasteiger partial charge in [-0.1, -0.05) is 18.2 Å². The van der Waals surface area contributed by atoms with Crippen LogP contribution in [0.15, 0.2) is 24.3 Å². The predicted molar refractivity (Wildman–Crippen MR) is 79.2 cm³/mol. The number of aliphatic carboxylic acids is 1. The molecule has 2 aromatic rings. The van der Waals surface area contributed by atoms with E-state index in [1.54, 1.807) is 18.2 Å². The third-order valence-corrected chi connectivity index (χ3v) is 3.79. The highest BCUT2D eigenvalue weighted by molar-refractivity contribution is 7.19. The number of nitrogens with one attached hydrogen (secondary N) is 1. The zero-order valence-corrected chi connectivity index (χ0v) is 12.2. The normalized spacial score (nSPS) is 10.2. The van der Waals surface area contributed by atoms with Crippen molar-refractivity contribution in [1.29, 1.82) is 0 Å². The first-order valence-corrected chi connectivity index (χ1v) is 6.93. The van der Waals surface area contributed by atoms with Crippen LogP contribution in [0.1, 0.15) is 21.6 Å². The van der Waals surface area contributed by atoms with Gasteiger partial charge in [-0.2, -0.15) is 0 Å². The Morgan fingerprint density at radius 1 is 1.41 bits per heavy atom. The maximum absolute atomic E-state index is 12.2. The van der Waals surface area contributed by atoms with Crippen molar-refractivity contribution in [2.45, 2.75) is 13.3 Å². The maximum atomic E-state index is 12.2. The predicted octanol–water partition coefficient (Wildman–Crippen LogP) is 2.24. The van der Waals surface area contributed by atoms with E-state index in [0.29, 0.717) is 5.56 Å². The van der Waals surface area contributed by atoms with E-state index in [2.05, 4.69) is 10.3 Å². The van der Waals surface area contributed by atoms with E-state index < -0.39 is 16.8 Å². The Balaban J connectivity index is 2.24. The third-order valence-electron chi connectivity index (χ3n) is 2.76. The van der Waals surface area contributed by atoms with Crippen molar-refractivity contribution in [2.24, 2.45) is 0 Å². The molecular weight excluding hydrogens is 310 g/mol. The summed E-state index contributed by atoms with van der Waals surface area (Å²) < 4.78 is 0. The van der Waals surface area contributed by atoms with E-state index in [1.165, 1.54) is 13.0 Å². The number of benzene rings is 1. The van der Waals surface area contributed by atoms with Gasteiger partial charge in [-0.3, -0.25) is 25.0 Å². The van der Waals surface area contributed by atoms with Gasteiger partial charge >= 0.3 is 11.0 Å². The van der Waals surface area contributed by atoms with Crippen LogP contribution in [0.2, 0.25) is 0 Å². The van der Waals surface area contributed by atoms with Crippen molar-refractivity contribution in [3.63, 3.8) is 0 Å². The fraction of sp³-hybridized carbons (Fsp3) is 0.154. The Morgan fingerprint density at radius 3 is 2.68 bits per heavy atom. The summed E-state index contributed by atoms with van der Waals surface area (Å²) in [5.74, 6) is -1.61. The molecule has 1 aromatic carbocycles. The molecule has 0 spiro atoms. The Hall–Kier alpha value is -2.81. The number of nitro groups is 1. The molecule has 22 heavy (non-hydrogen) atoms. The number of carbonyl (C=O) groups excluding carboxylic acids is 1. The van der Waals surface area contributed by atoms with Gasteiger partial charge in [0.05, 0.1) is 11.3 Å². The van der Waals surface area contributed by atoms with Crippen molar-refractivity contribution < 1.29 is 19.6 Å². The molecule has 0 saturated carbocycles. The molecule has 0 fully saturated rings. The zero-order chi connectivity index (χ0) is 16.3. The molecule has 1 aromatic heterocycles. The average molecular weight is 321 g/mol. The van der Waals surface area contributed by atoms with Gasteiger partial charge in [-0.15, -0.1) is 0 Å². The minimum atomic E-state index is -1.05. The number of nitrogens with zero attached hydrogens (tertiary/aromatic N) is 2. The number of carboxylic acid groups (broad SMARTS) is 1. The first-order valence-electron chi connectivity index (χ1n) is 6.11. The smallest absolute Gasteiger partial charge is 0.348 e. The Morgan fingerprint density at radius 2 is 2.09 bits per heavy atom. The quantitative estimate of drug-likeness (QED) is 0.643. The number of rotatable bonds is 5. The first kappa shape index (κ1) is 15.6. The van der Waals surface area contributed by atoms with Crippen LogP contribution >= 0.6 is 11.3 Å². The van der Waals surface area contributed by atoms with Crippen LogP contribution in [-0.2, 0) is 11.2 Å². The largest absolute Gasteiger partial charge is 0.481 e. The molecule has 1 heterocycles. The van der Waals surface area contributed by atoms with Crippen LogP contribution < -0.4 is 5.32 Å². The second-order valence-electron chi connectivity index (χ2n) is 4.35. The second-order valence-corrected chi connectivity index (χ2v) is 5.33.